The van der Waals surface area contributed by atoms with Gasteiger partial charge in [0.15, 0.2) is 0 Å². The van der Waals surface area contributed by atoms with Crippen LogP contribution in [0.5, 0.6) is 0 Å². The Labute approximate surface area is 91.3 Å². The Kier molecular flexibility index (Phi) is 2.95. The Morgan fingerprint density at radius 1 is 1.60 bits per heavy atom. The third kappa shape index (κ3) is 2.15. The summed E-state index contributed by atoms with van der Waals surface area (Å²) in [6.07, 6.45) is 3.41. The van der Waals surface area contributed by atoms with E-state index in [-0.39, 0.29) is 0 Å². The van der Waals surface area contributed by atoms with Gasteiger partial charge < -0.3 is 10.2 Å². The summed E-state index contributed by atoms with van der Waals surface area (Å²) in [5.74, 6) is 0.787. The van der Waals surface area contributed by atoms with Crippen molar-refractivity contribution < 1.29 is 0 Å². The SMILES string of the molecule is CNCC1CCN(c2cn(C)nc2C)C1. The molecule has 1 N–H and O–H groups in total. The highest BCUT2D eigenvalue weighted by Gasteiger charge is 2.23. The van der Waals surface area contributed by atoms with Crippen LogP contribution in [0, 0.1) is 12.8 Å². The van der Waals surface area contributed by atoms with Crippen LogP contribution in [-0.2, 0) is 7.05 Å². The topological polar surface area (TPSA) is 33.1 Å². The molecule has 0 aromatic carbocycles. The van der Waals surface area contributed by atoms with Gasteiger partial charge >= 0.3 is 0 Å². The van der Waals surface area contributed by atoms with Gasteiger partial charge in [-0.3, -0.25) is 4.68 Å². The Morgan fingerprint density at radius 2 is 2.40 bits per heavy atom. The lowest BCUT2D eigenvalue weighted by atomic mass is 10.1. The zero-order valence-corrected chi connectivity index (χ0v) is 9.82. The van der Waals surface area contributed by atoms with Crippen molar-refractivity contribution in [3.05, 3.63) is 11.9 Å². The summed E-state index contributed by atoms with van der Waals surface area (Å²) in [6, 6.07) is 0. The van der Waals surface area contributed by atoms with Gasteiger partial charge in [0, 0.05) is 26.3 Å². The normalized spacial score (nSPS) is 21.3. The number of hydrogen-bond acceptors (Lipinski definition) is 3. The van der Waals surface area contributed by atoms with Crippen LogP contribution in [0.25, 0.3) is 0 Å². The van der Waals surface area contributed by atoms with Crippen LogP contribution in [-0.4, -0.2) is 36.5 Å². The van der Waals surface area contributed by atoms with Gasteiger partial charge in [0.25, 0.3) is 0 Å². The molecule has 4 heteroatoms. The van der Waals surface area contributed by atoms with E-state index in [1.54, 1.807) is 0 Å². The fraction of sp³-hybridized carbons (Fsp3) is 0.727. The quantitative estimate of drug-likeness (QED) is 0.796. The van der Waals surface area contributed by atoms with Crippen LogP contribution in [0.2, 0.25) is 0 Å². The lowest BCUT2D eigenvalue weighted by Gasteiger charge is -2.17. The first-order chi connectivity index (χ1) is 7.20. The number of anilines is 1. The molecule has 1 unspecified atom stereocenters. The van der Waals surface area contributed by atoms with E-state index in [9.17, 15) is 0 Å². The molecule has 15 heavy (non-hydrogen) atoms. The molecule has 0 radical (unpaired) electrons. The largest absolute Gasteiger partial charge is 0.368 e. The van der Waals surface area contributed by atoms with Crippen molar-refractivity contribution in [3.63, 3.8) is 0 Å². The second-order valence-electron chi connectivity index (χ2n) is 4.43. The first-order valence-corrected chi connectivity index (χ1v) is 5.60. The third-order valence-electron chi connectivity index (χ3n) is 3.11. The molecule has 0 aliphatic carbocycles. The van der Waals surface area contributed by atoms with E-state index >= 15 is 0 Å². The molecule has 2 heterocycles. The predicted molar refractivity (Wildman–Crippen MR) is 62.2 cm³/mol. The molecule has 4 nitrogen and oxygen atoms in total. The van der Waals surface area contributed by atoms with Crippen LogP contribution >= 0.6 is 0 Å². The molecule has 2 rings (SSSR count). The van der Waals surface area contributed by atoms with Crippen molar-refractivity contribution in [3.8, 4) is 0 Å². The molecule has 1 atom stereocenters. The minimum Gasteiger partial charge on any atom is -0.368 e. The highest BCUT2D eigenvalue weighted by molar-refractivity contribution is 5.49. The molecule has 0 amide bonds. The summed E-state index contributed by atoms with van der Waals surface area (Å²) in [6.45, 7) is 5.53. The first kappa shape index (κ1) is 10.5. The van der Waals surface area contributed by atoms with Crippen LogP contribution in [0.1, 0.15) is 12.1 Å². The van der Waals surface area contributed by atoms with Crippen molar-refractivity contribution in [2.24, 2.45) is 13.0 Å². The van der Waals surface area contributed by atoms with Gasteiger partial charge in [0.05, 0.1) is 11.4 Å². The third-order valence-corrected chi connectivity index (χ3v) is 3.11. The summed E-state index contributed by atoms with van der Waals surface area (Å²) in [7, 11) is 4.01. The van der Waals surface area contributed by atoms with E-state index in [1.165, 1.54) is 18.7 Å². The fourth-order valence-corrected chi connectivity index (χ4v) is 2.40. The molecule has 1 aromatic rings. The maximum atomic E-state index is 4.39. The smallest absolute Gasteiger partial charge is 0.0827 e. The van der Waals surface area contributed by atoms with Crippen molar-refractivity contribution >= 4 is 5.69 Å². The minimum atomic E-state index is 0.787. The molecule has 0 saturated carbocycles. The average Bonchev–Trinajstić information content (AvgIpc) is 2.73. The zero-order chi connectivity index (χ0) is 10.8. The van der Waals surface area contributed by atoms with E-state index in [1.807, 2.05) is 18.8 Å². The Morgan fingerprint density at radius 3 is 3.00 bits per heavy atom. The Hall–Kier alpha value is -1.03. The van der Waals surface area contributed by atoms with Gasteiger partial charge in [-0.05, 0) is 32.9 Å². The maximum absolute atomic E-state index is 4.39. The average molecular weight is 208 g/mol. The zero-order valence-electron chi connectivity index (χ0n) is 9.82. The molecule has 1 aliphatic heterocycles. The monoisotopic (exact) mass is 208 g/mol. The molecule has 0 spiro atoms. The van der Waals surface area contributed by atoms with Gasteiger partial charge in [0.1, 0.15) is 0 Å². The molecule has 1 fully saturated rings. The number of aromatic nitrogens is 2. The summed E-state index contributed by atoms with van der Waals surface area (Å²) in [5, 5.41) is 7.64. The first-order valence-electron chi connectivity index (χ1n) is 5.60. The van der Waals surface area contributed by atoms with Gasteiger partial charge in [-0.2, -0.15) is 5.10 Å². The molecule has 1 aliphatic rings. The van der Waals surface area contributed by atoms with Gasteiger partial charge in [0.2, 0.25) is 0 Å². The van der Waals surface area contributed by atoms with E-state index in [2.05, 4.69) is 28.4 Å². The molecule has 1 saturated heterocycles. The van der Waals surface area contributed by atoms with Crippen LogP contribution in [0.4, 0.5) is 5.69 Å². The summed E-state index contributed by atoms with van der Waals surface area (Å²) in [4.78, 5) is 2.45. The fourth-order valence-electron chi connectivity index (χ4n) is 2.40. The van der Waals surface area contributed by atoms with Crippen molar-refractivity contribution in [2.45, 2.75) is 13.3 Å². The van der Waals surface area contributed by atoms with Crippen molar-refractivity contribution in [2.75, 3.05) is 31.6 Å². The van der Waals surface area contributed by atoms with Crippen LogP contribution in [0.3, 0.4) is 0 Å². The Bertz CT molecular complexity index is 331. The van der Waals surface area contributed by atoms with Gasteiger partial charge in [-0.1, -0.05) is 0 Å². The number of nitrogens with zero attached hydrogens (tertiary/aromatic N) is 3. The summed E-state index contributed by atoms with van der Waals surface area (Å²) < 4.78 is 1.90. The second-order valence-corrected chi connectivity index (χ2v) is 4.43. The lowest BCUT2D eigenvalue weighted by molar-refractivity contribution is 0.549. The van der Waals surface area contributed by atoms with E-state index in [4.69, 9.17) is 0 Å². The number of aryl methyl sites for hydroxylation is 2. The minimum absolute atomic E-state index is 0.787. The predicted octanol–water partition coefficient (Wildman–Crippen LogP) is 0.774. The highest BCUT2D eigenvalue weighted by atomic mass is 15.3. The maximum Gasteiger partial charge on any atom is 0.0827 e. The second kappa shape index (κ2) is 4.23. The van der Waals surface area contributed by atoms with Gasteiger partial charge in [-0.15, -0.1) is 0 Å². The van der Waals surface area contributed by atoms with Crippen molar-refractivity contribution in [1.82, 2.24) is 15.1 Å². The van der Waals surface area contributed by atoms with Gasteiger partial charge in [-0.25, -0.2) is 0 Å². The highest BCUT2D eigenvalue weighted by Crippen LogP contribution is 2.25. The number of hydrogen-bond donors (Lipinski definition) is 1. The molecule has 0 bridgehead atoms. The molecule has 84 valence electrons. The standard InChI is InChI=1S/C11H20N4/c1-9-11(8-14(3)13-9)15-5-4-10(7-15)6-12-2/h8,10,12H,4-7H2,1-3H3. The van der Waals surface area contributed by atoms with E-state index in [0.29, 0.717) is 0 Å². The molecular weight excluding hydrogens is 188 g/mol. The summed E-state index contributed by atoms with van der Waals surface area (Å²) in [5.41, 5.74) is 2.44. The lowest BCUT2D eigenvalue weighted by Crippen LogP contribution is -2.24. The van der Waals surface area contributed by atoms with E-state index < -0.39 is 0 Å². The van der Waals surface area contributed by atoms with E-state index in [0.717, 1.165) is 24.7 Å². The molecule has 1 aromatic heterocycles. The number of rotatable bonds is 3. The molecular formula is C11H20N4. The summed E-state index contributed by atoms with van der Waals surface area (Å²) >= 11 is 0. The van der Waals surface area contributed by atoms with Crippen molar-refractivity contribution in [1.29, 1.82) is 0 Å². The van der Waals surface area contributed by atoms with Crippen LogP contribution < -0.4 is 10.2 Å². The number of nitrogens with one attached hydrogen (secondary N) is 1. The van der Waals surface area contributed by atoms with Crippen LogP contribution in [0.15, 0.2) is 6.20 Å². The Balaban J connectivity index is 2.04.